The van der Waals surface area contributed by atoms with Gasteiger partial charge in [0.2, 0.25) is 0 Å². The Bertz CT molecular complexity index is 743. The van der Waals surface area contributed by atoms with E-state index in [9.17, 15) is 9.67 Å². The van der Waals surface area contributed by atoms with E-state index in [1.165, 1.54) is 63.5 Å². The number of unbranched alkanes of at least 4 members (excludes halogenated alkanes) is 13. The zero-order valence-corrected chi connectivity index (χ0v) is 25.9. The molecule has 0 aromatic heterocycles. The molecule has 3 N–H and O–H groups in total. The van der Waals surface area contributed by atoms with Crippen LogP contribution in [0.1, 0.15) is 154 Å². The molecule has 0 spiro atoms. The number of hydrogen-bond acceptors (Lipinski definition) is 3. The third-order valence-corrected chi connectivity index (χ3v) is 8.68. The van der Waals surface area contributed by atoms with E-state index in [1.54, 1.807) is 0 Å². The lowest BCUT2D eigenvalue weighted by Gasteiger charge is -2.31. The highest BCUT2D eigenvalue weighted by atomic mass is 31.2. The van der Waals surface area contributed by atoms with Crippen LogP contribution in [0.2, 0.25) is 0 Å². The fraction of sp³-hybridized carbons (Fsp3) is 0.812. The van der Waals surface area contributed by atoms with Gasteiger partial charge in [0.25, 0.3) is 0 Å². The maximum absolute atomic E-state index is 11.2. The molecule has 0 bridgehead atoms. The fourth-order valence-corrected chi connectivity index (χ4v) is 6.12. The van der Waals surface area contributed by atoms with Gasteiger partial charge < -0.3 is 19.8 Å². The summed E-state index contributed by atoms with van der Waals surface area (Å²) in [6.07, 6.45) is 22.0. The SMILES string of the molecule is CCCCCCCCCCCC(CCCCCCP(=O)(O)O)c1c(O)cccc1N(CCCC)CCCC. The summed E-state index contributed by atoms with van der Waals surface area (Å²) in [4.78, 5) is 20.8. The summed E-state index contributed by atoms with van der Waals surface area (Å²) in [5.41, 5.74) is 2.35. The predicted octanol–water partition coefficient (Wildman–Crippen LogP) is 9.93. The van der Waals surface area contributed by atoms with Crippen LogP contribution in [0.4, 0.5) is 5.69 Å². The van der Waals surface area contributed by atoms with Crippen LogP contribution in [0, 0.1) is 0 Å². The van der Waals surface area contributed by atoms with Crippen LogP contribution in [-0.4, -0.2) is 34.1 Å². The van der Waals surface area contributed by atoms with Gasteiger partial charge in [-0.25, -0.2) is 0 Å². The summed E-state index contributed by atoms with van der Waals surface area (Å²) < 4.78 is 11.2. The Kier molecular flexibility index (Phi) is 20.0. The summed E-state index contributed by atoms with van der Waals surface area (Å²) in [5, 5.41) is 11.1. The number of hydrogen-bond donors (Lipinski definition) is 3. The maximum atomic E-state index is 11.2. The number of anilines is 1. The Morgan fingerprint density at radius 1 is 0.684 bits per heavy atom. The van der Waals surface area contributed by atoms with E-state index >= 15 is 0 Å². The van der Waals surface area contributed by atoms with Crippen LogP contribution in [-0.2, 0) is 4.57 Å². The van der Waals surface area contributed by atoms with E-state index in [4.69, 9.17) is 9.79 Å². The Balaban J connectivity index is 2.87. The van der Waals surface area contributed by atoms with Gasteiger partial charge in [0, 0.05) is 30.5 Å². The van der Waals surface area contributed by atoms with Gasteiger partial charge in [-0.3, -0.25) is 4.57 Å². The van der Waals surface area contributed by atoms with Gasteiger partial charge in [0.05, 0.1) is 0 Å². The molecule has 1 atom stereocenters. The standard InChI is InChI=1S/C32H60NO4P/c1-4-7-10-11-12-13-14-15-18-22-29(23-19-16-17-20-28-38(35,36)37)32-30(24-21-25-31(32)34)33(26-8-5-2)27-9-6-3/h21,24-25,29,34H,4-20,22-23,26-28H2,1-3H3,(H2,35,36,37). The largest absolute Gasteiger partial charge is 0.508 e. The van der Waals surface area contributed by atoms with Crippen molar-refractivity contribution in [2.45, 2.75) is 149 Å². The number of benzene rings is 1. The molecule has 0 heterocycles. The van der Waals surface area contributed by atoms with Crippen molar-refractivity contribution in [1.29, 1.82) is 0 Å². The van der Waals surface area contributed by atoms with Crippen molar-refractivity contribution in [2.24, 2.45) is 0 Å². The molecule has 0 aliphatic carbocycles. The summed E-state index contributed by atoms with van der Waals surface area (Å²) in [5.74, 6) is 0.756. The van der Waals surface area contributed by atoms with E-state index in [1.807, 2.05) is 12.1 Å². The number of phenols is 1. The van der Waals surface area contributed by atoms with E-state index in [-0.39, 0.29) is 6.16 Å². The van der Waals surface area contributed by atoms with Crippen LogP contribution in [0.5, 0.6) is 5.75 Å². The van der Waals surface area contributed by atoms with Crippen molar-refractivity contribution in [1.82, 2.24) is 0 Å². The van der Waals surface area contributed by atoms with Gasteiger partial charge in [-0.2, -0.15) is 0 Å². The molecule has 0 saturated heterocycles. The predicted molar refractivity (Wildman–Crippen MR) is 165 cm³/mol. The summed E-state index contributed by atoms with van der Waals surface area (Å²) in [6, 6.07) is 6.07. The second-order valence-electron chi connectivity index (χ2n) is 11.3. The highest BCUT2D eigenvalue weighted by Gasteiger charge is 2.22. The number of phenolic OH excluding ortho intramolecular Hbond substituents is 1. The van der Waals surface area contributed by atoms with Gasteiger partial charge in [-0.1, -0.05) is 117 Å². The molecule has 0 fully saturated rings. The molecule has 5 nitrogen and oxygen atoms in total. The summed E-state index contributed by atoms with van der Waals surface area (Å²) >= 11 is 0. The second kappa shape index (κ2) is 21.8. The molecule has 0 amide bonds. The Hall–Kier alpha value is -1.03. The number of rotatable bonds is 25. The van der Waals surface area contributed by atoms with E-state index in [0.29, 0.717) is 18.1 Å². The van der Waals surface area contributed by atoms with Crippen LogP contribution >= 0.6 is 7.60 Å². The molecule has 1 rings (SSSR count). The van der Waals surface area contributed by atoms with Crippen LogP contribution in [0.3, 0.4) is 0 Å². The molecule has 6 heteroatoms. The van der Waals surface area contributed by atoms with Crippen LogP contribution in [0.15, 0.2) is 18.2 Å². The molecule has 1 unspecified atom stereocenters. The van der Waals surface area contributed by atoms with Crippen LogP contribution in [0.25, 0.3) is 0 Å². The molecule has 1 aromatic rings. The zero-order valence-electron chi connectivity index (χ0n) is 25.0. The first kappa shape index (κ1) is 35.0. The number of nitrogens with zero attached hydrogens (tertiary/aromatic N) is 1. The van der Waals surface area contributed by atoms with Crippen molar-refractivity contribution < 1.29 is 19.5 Å². The third-order valence-electron chi connectivity index (χ3n) is 7.78. The minimum absolute atomic E-state index is 0.0116. The average Bonchev–Trinajstić information content (AvgIpc) is 2.88. The molecule has 222 valence electrons. The zero-order chi connectivity index (χ0) is 28.1. The Morgan fingerprint density at radius 2 is 1.16 bits per heavy atom. The fourth-order valence-electron chi connectivity index (χ4n) is 5.48. The molecule has 0 saturated carbocycles. The lowest BCUT2D eigenvalue weighted by atomic mass is 9.86. The highest BCUT2D eigenvalue weighted by Crippen LogP contribution is 2.41. The molecule has 1 aromatic carbocycles. The summed E-state index contributed by atoms with van der Waals surface area (Å²) in [6.45, 7) is 8.79. The first-order chi connectivity index (χ1) is 18.3. The third kappa shape index (κ3) is 16.2. The molecule has 0 radical (unpaired) electrons. The molecular formula is C32H60NO4P. The lowest BCUT2D eigenvalue weighted by Crippen LogP contribution is -2.27. The van der Waals surface area contributed by atoms with Crippen molar-refractivity contribution in [2.75, 3.05) is 24.2 Å². The van der Waals surface area contributed by atoms with Crippen LogP contribution < -0.4 is 4.90 Å². The smallest absolute Gasteiger partial charge is 0.325 e. The minimum Gasteiger partial charge on any atom is -0.508 e. The summed E-state index contributed by atoms with van der Waals surface area (Å²) in [7, 11) is -3.90. The number of aromatic hydroxyl groups is 1. The van der Waals surface area contributed by atoms with E-state index in [2.05, 4.69) is 31.7 Å². The van der Waals surface area contributed by atoms with Gasteiger partial charge in [-0.05, 0) is 50.2 Å². The normalized spacial score (nSPS) is 12.7. The van der Waals surface area contributed by atoms with Crippen molar-refractivity contribution in [3.8, 4) is 5.75 Å². The monoisotopic (exact) mass is 553 g/mol. The average molecular weight is 554 g/mol. The van der Waals surface area contributed by atoms with E-state index in [0.717, 1.165) is 76.4 Å². The van der Waals surface area contributed by atoms with Crippen molar-refractivity contribution >= 4 is 13.3 Å². The van der Waals surface area contributed by atoms with E-state index < -0.39 is 7.60 Å². The molecule has 38 heavy (non-hydrogen) atoms. The van der Waals surface area contributed by atoms with Gasteiger partial charge in [0.15, 0.2) is 0 Å². The van der Waals surface area contributed by atoms with Gasteiger partial charge >= 0.3 is 7.60 Å². The minimum atomic E-state index is -3.90. The van der Waals surface area contributed by atoms with Gasteiger partial charge in [0.1, 0.15) is 5.75 Å². The molecule has 0 aliphatic rings. The topological polar surface area (TPSA) is 81.0 Å². The van der Waals surface area contributed by atoms with Crippen molar-refractivity contribution in [3.63, 3.8) is 0 Å². The Morgan fingerprint density at radius 3 is 1.66 bits per heavy atom. The second-order valence-corrected chi connectivity index (χ2v) is 13.1. The highest BCUT2D eigenvalue weighted by molar-refractivity contribution is 7.51. The first-order valence-electron chi connectivity index (χ1n) is 15.9. The Labute approximate surface area is 235 Å². The van der Waals surface area contributed by atoms with Crippen molar-refractivity contribution in [3.05, 3.63) is 23.8 Å². The quantitative estimate of drug-likeness (QED) is 0.0829. The lowest BCUT2D eigenvalue weighted by molar-refractivity contribution is 0.370. The maximum Gasteiger partial charge on any atom is 0.325 e. The molecule has 0 aliphatic heterocycles. The first-order valence-corrected chi connectivity index (χ1v) is 17.7. The van der Waals surface area contributed by atoms with Gasteiger partial charge in [-0.15, -0.1) is 0 Å². The molecular weight excluding hydrogens is 493 g/mol.